The molecule has 7 nitrogen and oxygen atoms in total. The normalized spacial score (nSPS) is 18.5. The summed E-state index contributed by atoms with van der Waals surface area (Å²) in [4.78, 5) is 17.8. The highest BCUT2D eigenvalue weighted by Crippen LogP contribution is 2.24. The zero-order valence-electron chi connectivity index (χ0n) is 14.1. The van der Waals surface area contributed by atoms with E-state index in [0.29, 0.717) is 6.54 Å². The minimum absolute atomic E-state index is 0.0397. The summed E-state index contributed by atoms with van der Waals surface area (Å²) in [5.74, 6) is 0.781. The van der Waals surface area contributed by atoms with Gasteiger partial charge in [-0.25, -0.2) is 0 Å². The van der Waals surface area contributed by atoms with E-state index in [9.17, 15) is 4.79 Å². The van der Waals surface area contributed by atoms with Gasteiger partial charge in [0, 0.05) is 54.4 Å². The summed E-state index contributed by atoms with van der Waals surface area (Å²) >= 11 is 0. The highest BCUT2D eigenvalue weighted by molar-refractivity contribution is 5.80. The van der Waals surface area contributed by atoms with Crippen molar-refractivity contribution in [1.82, 2.24) is 25.4 Å². The Morgan fingerprint density at radius 2 is 2.28 bits per heavy atom. The third kappa shape index (κ3) is 3.16. The largest absolute Gasteiger partial charge is 0.497 e. The lowest BCUT2D eigenvalue weighted by Crippen LogP contribution is -2.46. The second-order valence-corrected chi connectivity index (χ2v) is 6.30. The summed E-state index contributed by atoms with van der Waals surface area (Å²) in [5.41, 5.74) is 2.67. The molecule has 3 heterocycles. The van der Waals surface area contributed by atoms with Crippen molar-refractivity contribution in [3.63, 3.8) is 0 Å². The zero-order valence-corrected chi connectivity index (χ0v) is 14.1. The molecule has 3 N–H and O–H groups in total. The first kappa shape index (κ1) is 15.9. The maximum Gasteiger partial charge on any atom is 0.252 e. The lowest BCUT2D eigenvalue weighted by molar-refractivity contribution is 0.153. The van der Waals surface area contributed by atoms with Gasteiger partial charge >= 0.3 is 0 Å². The molecular formula is C18H21N5O2. The number of hydrogen-bond donors (Lipinski definition) is 3. The molecule has 25 heavy (non-hydrogen) atoms. The number of nitrogens with one attached hydrogen (secondary N) is 3. The van der Waals surface area contributed by atoms with E-state index in [1.54, 1.807) is 7.11 Å². The second kappa shape index (κ2) is 6.70. The van der Waals surface area contributed by atoms with Gasteiger partial charge in [0.15, 0.2) is 0 Å². The number of hydrogen-bond acceptors (Lipinski definition) is 5. The molecule has 0 amide bonds. The maximum absolute atomic E-state index is 12.5. The third-order valence-corrected chi connectivity index (χ3v) is 4.76. The molecule has 1 fully saturated rings. The van der Waals surface area contributed by atoms with Gasteiger partial charge in [0.05, 0.1) is 19.3 Å². The van der Waals surface area contributed by atoms with E-state index in [2.05, 4.69) is 25.4 Å². The number of rotatable bonds is 4. The van der Waals surface area contributed by atoms with Crippen molar-refractivity contribution in [3.05, 3.63) is 58.1 Å². The van der Waals surface area contributed by atoms with Crippen LogP contribution in [-0.4, -0.2) is 46.8 Å². The highest BCUT2D eigenvalue weighted by Gasteiger charge is 2.25. The van der Waals surface area contributed by atoms with E-state index in [1.807, 2.05) is 36.7 Å². The van der Waals surface area contributed by atoms with Crippen molar-refractivity contribution in [1.29, 1.82) is 0 Å². The molecule has 1 atom stereocenters. The first-order chi connectivity index (χ1) is 12.2. The van der Waals surface area contributed by atoms with Gasteiger partial charge in [-0.1, -0.05) is 0 Å². The number of H-pyrrole nitrogens is 2. The SMILES string of the molecule is COc1ccc2[nH]c(=O)c(CN3CCNCC3c3cn[nH]c3)cc2c1. The van der Waals surface area contributed by atoms with E-state index in [-0.39, 0.29) is 11.6 Å². The predicted octanol–water partition coefficient (Wildman–Crippen LogP) is 1.41. The van der Waals surface area contributed by atoms with E-state index in [4.69, 9.17) is 4.74 Å². The Balaban J connectivity index is 1.66. The molecular weight excluding hydrogens is 318 g/mol. The monoisotopic (exact) mass is 339 g/mol. The van der Waals surface area contributed by atoms with Crippen LogP contribution in [0, 0.1) is 0 Å². The van der Waals surface area contributed by atoms with Crippen molar-refractivity contribution in [2.24, 2.45) is 0 Å². The molecule has 1 aliphatic heterocycles. The average molecular weight is 339 g/mol. The summed E-state index contributed by atoms with van der Waals surface area (Å²) in [6, 6.07) is 7.83. The van der Waals surface area contributed by atoms with Crippen LogP contribution in [0.15, 0.2) is 41.5 Å². The zero-order chi connectivity index (χ0) is 17.2. The van der Waals surface area contributed by atoms with Gasteiger partial charge in [-0.05, 0) is 24.3 Å². The van der Waals surface area contributed by atoms with Crippen LogP contribution < -0.4 is 15.6 Å². The molecule has 1 aromatic carbocycles. The van der Waals surface area contributed by atoms with Crippen LogP contribution in [0.5, 0.6) is 5.75 Å². The van der Waals surface area contributed by atoms with Gasteiger partial charge in [0.25, 0.3) is 5.56 Å². The van der Waals surface area contributed by atoms with E-state index in [1.165, 1.54) is 0 Å². The molecule has 1 unspecified atom stereocenters. The van der Waals surface area contributed by atoms with Crippen molar-refractivity contribution >= 4 is 10.9 Å². The summed E-state index contributed by atoms with van der Waals surface area (Å²) in [7, 11) is 1.64. The number of nitrogens with zero attached hydrogens (tertiary/aromatic N) is 2. The maximum atomic E-state index is 12.5. The van der Waals surface area contributed by atoms with Crippen molar-refractivity contribution in [2.45, 2.75) is 12.6 Å². The quantitative estimate of drug-likeness (QED) is 0.669. The first-order valence-corrected chi connectivity index (χ1v) is 8.38. The van der Waals surface area contributed by atoms with Crippen molar-refractivity contribution in [3.8, 4) is 5.75 Å². The van der Waals surface area contributed by atoms with Gasteiger partial charge in [0.2, 0.25) is 0 Å². The number of aromatic nitrogens is 3. The summed E-state index contributed by atoms with van der Waals surface area (Å²) < 4.78 is 5.29. The molecule has 2 aromatic heterocycles. The fraction of sp³-hybridized carbons (Fsp3) is 0.333. The third-order valence-electron chi connectivity index (χ3n) is 4.76. The number of aromatic amines is 2. The molecule has 0 spiro atoms. The Morgan fingerprint density at radius 1 is 1.36 bits per heavy atom. The number of ether oxygens (including phenoxy) is 1. The lowest BCUT2D eigenvalue weighted by atomic mass is 10.1. The molecule has 130 valence electrons. The van der Waals surface area contributed by atoms with Crippen LogP contribution in [-0.2, 0) is 6.54 Å². The molecule has 7 heteroatoms. The summed E-state index contributed by atoms with van der Waals surface area (Å²) in [5, 5.41) is 11.3. The van der Waals surface area contributed by atoms with Crippen LogP contribution in [0.2, 0.25) is 0 Å². The minimum atomic E-state index is -0.0397. The number of fused-ring (bicyclic) bond motifs is 1. The molecule has 4 rings (SSSR count). The molecule has 0 aliphatic carbocycles. The minimum Gasteiger partial charge on any atom is -0.497 e. The fourth-order valence-corrected chi connectivity index (χ4v) is 3.40. The van der Waals surface area contributed by atoms with Crippen LogP contribution in [0.4, 0.5) is 0 Å². The van der Waals surface area contributed by atoms with Gasteiger partial charge in [-0.2, -0.15) is 5.10 Å². The Labute approximate surface area is 145 Å². The predicted molar refractivity (Wildman–Crippen MR) is 95.7 cm³/mol. The molecule has 0 bridgehead atoms. The molecule has 0 radical (unpaired) electrons. The van der Waals surface area contributed by atoms with Crippen LogP contribution >= 0.6 is 0 Å². The van der Waals surface area contributed by atoms with E-state index in [0.717, 1.165) is 47.4 Å². The summed E-state index contributed by atoms with van der Waals surface area (Å²) in [6.45, 7) is 3.23. The van der Waals surface area contributed by atoms with Crippen molar-refractivity contribution in [2.75, 3.05) is 26.7 Å². The Kier molecular flexibility index (Phi) is 4.25. The molecule has 1 saturated heterocycles. The standard InChI is InChI=1S/C18H21N5O2/c1-25-15-2-3-16-12(7-15)6-13(18(24)22-16)11-23-5-4-19-10-17(23)14-8-20-21-9-14/h2-3,6-9,17,19H,4-5,10-11H2,1H3,(H,20,21)(H,22,24). The van der Waals surface area contributed by atoms with Crippen LogP contribution in [0.25, 0.3) is 10.9 Å². The fourth-order valence-electron chi connectivity index (χ4n) is 3.40. The Hall–Kier alpha value is -2.64. The lowest BCUT2D eigenvalue weighted by Gasteiger charge is -2.35. The Morgan fingerprint density at radius 3 is 3.08 bits per heavy atom. The summed E-state index contributed by atoms with van der Waals surface area (Å²) in [6.07, 6.45) is 3.76. The van der Waals surface area contributed by atoms with Crippen LogP contribution in [0.3, 0.4) is 0 Å². The van der Waals surface area contributed by atoms with Gasteiger partial charge in [-0.3, -0.25) is 14.8 Å². The van der Waals surface area contributed by atoms with Crippen molar-refractivity contribution < 1.29 is 4.74 Å². The van der Waals surface area contributed by atoms with Gasteiger partial charge in [0.1, 0.15) is 5.75 Å². The highest BCUT2D eigenvalue weighted by atomic mass is 16.5. The second-order valence-electron chi connectivity index (χ2n) is 6.30. The topological polar surface area (TPSA) is 86.0 Å². The molecule has 3 aromatic rings. The Bertz CT molecular complexity index is 919. The van der Waals surface area contributed by atoms with Crippen LogP contribution in [0.1, 0.15) is 17.2 Å². The van der Waals surface area contributed by atoms with E-state index >= 15 is 0 Å². The van der Waals surface area contributed by atoms with E-state index < -0.39 is 0 Å². The average Bonchev–Trinajstić information content (AvgIpc) is 3.17. The smallest absolute Gasteiger partial charge is 0.252 e. The van der Waals surface area contributed by atoms with Gasteiger partial charge < -0.3 is 15.0 Å². The first-order valence-electron chi connectivity index (χ1n) is 8.38. The molecule has 1 aliphatic rings. The number of pyridine rings is 1. The number of benzene rings is 1. The number of methoxy groups -OCH3 is 1. The molecule has 0 saturated carbocycles. The number of piperazine rings is 1. The van der Waals surface area contributed by atoms with Gasteiger partial charge in [-0.15, -0.1) is 0 Å².